The average molecular weight is 442 g/mol. The number of nitrogens with zero attached hydrogens (tertiary/aromatic N) is 2. The standard InChI is InChI=1S/C19H18F4N4O4/c1-2-30-10-14(11-5-6-15(12(20)8-11)31-19(21,22)23)26-18(29)27-9-16(28)25-13-4-3-7-24-17(13)27/h3-8,14H,2,9-10H2,1H3,(H,25,28)(H,26,29). The van der Waals surface area contributed by atoms with Crippen LogP contribution in [0.15, 0.2) is 36.5 Å². The first-order valence-electron chi connectivity index (χ1n) is 9.13. The van der Waals surface area contributed by atoms with E-state index < -0.39 is 35.9 Å². The number of hydrogen-bond donors (Lipinski definition) is 2. The number of anilines is 2. The first kappa shape index (κ1) is 22.3. The molecule has 0 fully saturated rings. The lowest BCUT2D eigenvalue weighted by Crippen LogP contribution is -2.49. The molecule has 1 aromatic heterocycles. The number of ether oxygens (including phenoxy) is 2. The van der Waals surface area contributed by atoms with Crippen LogP contribution in [0.1, 0.15) is 18.5 Å². The molecule has 0 spiro atoms. The molecule has 31 heavy (non-hydrogen) atoms. The molecule has 2 aromatic rings. The highest BCUT2D eigenvalue weighted by Crippen LogP contribution is 2.29. The molecule has 3 rings (SSSR count). The van der Waals surface area contributed by atoms with Crippen LogP contribution in [0.5, 0.6) is 5.75 Å². The van der Waals surface area contributed by atoms with Crippen LogP contribution in [0, 0.1) is 5.82 Å². The summed E-state index contributed by atoms with van der Waals surface area (Å²) in [5.41, 5.74) is 0.492. The number of benzene rings is 1. The Bertz CT molecular complexity index is 970. The summed E-state index contributed by atoms with van der Waals surface area (Å²) in [5, 5.41) is 5.20. The molecule has 0 saturated heterocycles. The van der Waals surface area contributed by atoms with Crippen molar-refractivity contribution in [1.29, 1.82) is 0 Å². The van der Waals surface area contributed by atoms with Gasteiger partial charge in [0.1, 0.15) is 6.54 Å². The lowest BCUT2D eigenvalue weighted by atomic mass is 10.1. The molecule has 2 N–H and O–H groups in total. The van der Waals surface area contributed by atoms with Crippen molar-refractivity contribution in [3.8, 4) is 5.75 Å². The van der Waals surface area contributed by atoms with E-state index in [1.54, 1.807) is 19.1 Å². The predicted molar refractivity (Wildman–Crippen MR) is 101 cm³/mol. The molecule has 0 bridgehead atoms. The molecule has 0 saturated carbocycles. The van der Waals surface area contributed by atoms with Crippen molar-refractivity contribution >= 4 is 23.4 Å². The Morgan fingerprint density at radius 2 is 2.13 bits per heavy atom. The Kier molecular flexibility index (Phi) is 6.59. The first-order valence-corrected chi connectivity index (χ1v) is 9.13. The SMILES string of the molecule is CCOCC(NC(=O)N1CC(=O)Nc2cccnc21)c1ccc(OC(F)(F)F)c(F)c1. The Hall–Kier alpha value is -3.41. The highest BCUT2D eigenvalue weighted by molar-refractivity contribution is 6.08. The molecule has 0 aliphatic carbocycles. The minimum atomic E-state index is -5.05. The van der Waals surface area contributed by atoms with Gasteiger partial charge < -0.3 is 20.1 Å². The third kappa shape index (κ3) is 5.60. The summed E-state index contributed by atoms with van der Waals surface area (Å²) >= 11 is 0. The molecule has 2 heterocycles. The molecule has 0 radical (unpaired) electrons. The van der Waals surface area contributed by atoms with E-state index in [0.717, 1.165) is 17.0 Å². The number of carbonyl (C=O) groups is 2. The van der Waals surface area contributed by atoms with Crippen molar-refractivity contribution in [3.05, 3.63) is 47.9 Å². The molecule has 166 valence electrons. The lowest BCUT2D eigenvalue weighted by Gasteiger charge is -2.30. The number of carbonyl (C=O) groups excluding carboxylic acids is 2. The topological polar surface area (TPSA) is 92.8 Å². The maximum absolute atomic E-state index is 14.2. The molecule has 3 amide bonds. The first-order chi connectivity index (χ1) is 14.7. The molecule has 1 atom stereocenters. The van der Waals surface area contributed by atoms with Gasteiger partial charge in [-0.25, -0.2) is 14.2 Å². The van der Waals surface area contributed by atoms with Gasteiger partial charge >= 0.3 is 12.4 Å². The minimum Gasteiger partial charge on any atom is -0.403 e. The van der Waals surface area contributed by atoms with Crippen LogP contribution < -0.4 is 20.3 Å². The number of aromatic nitrogens is 1. The second-order valence-corrected chi connectivity index (χ2v) is 6.41. The average Bonchev–Trinajstić information content (AvgIpc) is 2.70. The van der Waals surface area contributed by atoms with Crippen LogP contribution in [0.25, 0.3) is 0 Å². The summed E-state index contributed by atoms with van der Waals surface area (Å²) in [7, 11) is 0. The fourth-order valence-corrected chi connectivity index (χ4v) is 2.91. The van der Waals surface area contributed by atoms with Crippen LogP contribution >= 0.6 is 0 Å². The number of urea groups is 1. The molecule has 1 aromatic carbocycles. The fourth-order valence-electron chi connectivity index (χ4n) is 2.91. The number of hydrogen-bond acceptors (Lipinski definition) is 5. The highest BCUT2D eigenvalue weighted by atomic mass is 19.4. The van der Waals surface area contributed by atoms with Gasteiger partial charge in [-0.2, -0.15) is 0 Å². The summed E-state index contributed by atoms with van der Waals surface area (Å²) in [5.74, 6) is -2.47. The third-order valence-electron chi connectivity index (χ3n) is 4.23. The van der Waals surface area contributed by atoms with Crippen molar-refractivity contribution in [2.45, 2.75) is 19.3 Å². The molecule has 1 aliphatic heterocycles. The number of amides is 3. The molecule has 1 aliphatic rings. The summed E-state index contributed by atoms with van der Waals surface area (Å²) in [6, 6.07) is 4.35. The van der Waals surface area contributed by atoms with E-state index >= 15 is 0 Å². The summed E-state index contributed by atoms with van der Waals surface area (Å²) < 4.78 is 60.2. The van der Waals surface area contributed by atoms with Gasteiger partial charge in [0.2, 0.25) is 5.91 Å². The third-order valence-corrected chi connectivity index (χ3v) is 4.23. The van der Waals surface area contributed by atoms with Crippen LogP contribution in [0.4, 0.5) is 33.9 Å². The summed E-state index contributed by atoms with van der Waals surface area (Å²) in [6.45, 7) is 1.59. The van der Waals surface area contributed by atoms with E-state index in [9.17, 15) is 27.2 Å². The Balaban J connectivity index is 1.83. The lowest BCUT2D eigenvalue weighted by molar-refractivity contribution is -0.275. The smallest absolute Gasteiger partial charge is 0.403 e. The Morgan fingerprint density at radius 1 is 1.35 bits per heavy atom. The Morgan fingerprint density at radius 3 is 2.81 bits per heavy atom. The normalized spacial score (nSPS) is 14.5. The number of alkyl halides is 3. The van der Waals surface area contributed by atoms with E-state index in [0.29, 0.717) is 5.69 Å². The molecule has 12 heteroatoms. The molecule has 8 nitrogen and oxygen atoms in total. The van der Waals surface area contributed by atoms with Gasteiger partial charge in [0.05, 0.1) is 18.3 Å². The van der Waals surface area contributed by atoms with Gasteiger partial charge in [-0.1, -0.05) is 6.07 Å². The van der Waals surface area contributed by atoms with Gasteiger partial charge in [-0.15, -0.1) is 13.2 Å². The van der Waals surface area contributed by atoms with Gasteiger partial charge in [-0.05, 0) is 36.8 Å². The van der Waals surface area contributed by atoms with Gasteiger partial charge in [0.25, 0.3) is 0 Å². The number of halogens is 4. The maximum atomic E-state index is 14.2. The monoisotopic (exact) mass is 442 g/mol. The van der Waals surface area contributed by atoms with Crippen LogP contribution in [-0.4, -0.2) is 43.0 Å². The minimum absolute atomic E-state index is 0.0870. The van der Waals surface area contributed by atoms with E-state index in [2.05, 4.69) is 20.4 Å². The Labute approximate surface area is 174 Å². The zero-order valence-electron chi connectivity index (χ0n) is 16.2. The number of nitrogens with one attached hydrogen (secondary N) is 2. The second kappa shape index (κ2) is 9.16. The quantitative estimate of drug-likeness (QED) is 0.670. The summed E-state index contributed by atoms with van der Waals surface area (Å²) in [6.07, 6.45) is -3.60. The van der Waals surface area contributed by atoms with Crippen LogP contribution in [0.3, 0.4) is 0 Å². The van der Waals surface area contributed by atoms with Crippen LogP contribution in [-0.2, 0) is 9.53 Å². The van der Waals surface area contributed by atoms with Crippen LogP contribution in [0.2, 0.25) is 0 Å². The second-order valence-electron chi connectivity index (χ2n) is 6.41. The number of pyridine rings is 1. The van der Waals surface area contributed by atoms with Crippen molar-refractivity contribution < 1.29 is 36.6 Å². The van der Waals surface area contributed by atoms with Gasteiger partial charge in [-0.3, -0.25) is 9.69 Å². The van der Waals surface area contributed by atoms with E-state index in [4.69, 9.17) is 4.74 Å². The summed E-state index contributed by atoms with van der Waals surface area (Å²) in [4.78, 5) is 30.0. The van der Waals surface area contributed by atoms with E-state index in [1.807, 2.05) is 0 Å². The largest absolute Gasteiger partial charge is 0.573 e. The van der Waals surface area contributed by atoms with E-state index in [-0.39, 0.29) is 31.1 Å². The fraction of sp³-hybridized carbons (Fsp3) is 0.316. The van der Waals surface area contributed by atoms with E-state index in [1.165, 1.54) is 12.3 Å². The van der Waals surface area contributed by atoms with Crippen molar-refractivity contribution in [2.75, 3.05) is 30.0 Å². The molecule has 1 unspecified atom stereocenters. The maximum Gasteiger partial charge on any atom is 0.573 e. The predicted octanol–water partition coefficient (Wildman–Crippen LogP) is 3.37. The zero-order valence-corrected chi connectivity index (χ0v) is 16.2. The number of fused-ring (bicyclic) bond motifs is 1. The van der Waals surface area contributed by atoms with Crippen molar-refractivity contribution in [3.63, 3.8) is 0 Å². The van der Waals surface area contributed by atoms with Gasteiger partial charge in [0.15, 0.2) is 17.4 Å². The van der Waals surface area contributed by atoms with Crippen molar-refractivity contribution in [1.82, 2.24) is 10.3 Å². The molecular weight excluding hydrogens is 424 g/mol. The molecular formula is C19H18F4N4O4. The highest BCUT2D eigenvalue weighted by Gasteiger charge is 2.33. The zero-order chi connectivity index (χ0) is 22.6. The van der Waals surface area contributed by atoms with Crippen molar-refractivity contribution in [2.24, 2.45) is 0 Å². The number of rotatable bonds is 6. The van der Waals surface area contributed by atoms with Gasteiger partial charge in [0, 0.05) is 12.8 Å².